The fourth-order valence-electron chi connectivity index (χ4n) is 2.98. The minimum Gasteiger partial charge on any atom is -0.399 e. The number of anilines is 3. The first-order chi connectivity index (χ1) is 14.6. The van der Waals surface area contributed by atoms with Crippen molar-refractivity contribution in [3.05, 3.63) is 65.7 Å². The molecule has 0 atom stereocenters. The Morgan fingerprint density at radius 2 is 2.03 bits per heavy atom. The van der Waals surface area contributed by atoms with Gasteiger partial charge in [0.1, 0.15) is 5.76 Å². The number of rotatable bonds is 6. The topological polar surface area (TPSA) is 122 Å². The lowest BCUT2D eigenvalue weighted by Gasteiger charge is -2.12. The number of aromatic nitrogens is 1. The van der Waals surface area contributed by atoms with Crippen molar-refractivity contribution in [1.82, 2.24) is 5.16 Å². The van der Waals surface area contributed by atoms with Crippen LogP contribution in [-0.2, 0) is 15.0 Å². The van der Waals surface area contributed by atoms with Gasteiger partial charge in [-0.25, -0.2) is 0 Å². The van der Waals surface area contributed by atoms with Crippen LogP contribution in [0.4, 0.5) is 17.2 Å². The van der Waals surface area contributed by atoms with Gasteiger partial charge in [0.25, 0.3) is 5.91 Å². The maximum absolute atomic E-state index is 12.4. The molecule has 2 amide bonds. The normalized spacial score (nSPS) is 14.9. The Morgan fingerprint density at radius 3 is 2.68 bits per heavy atom. The summed E-state index contributed by atoms with van der Waals surface area (Å²) in [7, 11) is 0. The van der Waals surface area contributed by atoms with Crippen LogP contribution in [0.25, 0.3) is 5.57 Å². The Labute approximate surface area is 181 Å². The molecule has 162 valence electrons. The standard InChI is InChI=1S/C23H27N5O3/c1-6-14(24)10-17-16-8-7-15(11-18(16)27-22(17)30)26-21(29)9-13(2)25-20-12-19(31-28-20)23(3,4)5/h6-8,10-12H,2,9,24H2,1,3-5H3,(H,25,28)(H,26,29)(H,27,30)/b14-6-,17-10-. The second-order valence-corrected chi connectivity index (χ2v) is 8.34. The molecule has 3 rings (SSSR count). The SMILES string of the molecule is C=C(CC(=O)Nc1ccc2c(c1)NC(=O)/C2=C\C(N)=C\C)Nc1cc(C(C)(C)C)on1. The van der Waals surface area contributed by atoms with Crippen molar-refractivity contribution in [2.45, 2.75) is 39.5 Å². The van der Waals surface area contributed by atoms with E-state index in [1.807, 2.05) is 20.8 Å². The number of carbonyl (C=O) groups is 2. The molecule has 1 aromatic heterocycles. The molecule has 1 aromatic carbocycles. The van der Waals surface area contributed by atoms with Gasteiger partial charge in [-0.2, -0.15) is 0 Å². The van der Waals surface area contributed by atoms with E-state index in [2.05, 4.69) is 27.7 Å². The average Bonchev–Trinajstić information content (AvgIpc) is 3.25. The summed E-state index contributed by atoms with van der Waals surface area (Å²) >= 11 is 0. The highest BCUT2D eigenvalue weighted by Gasteiger charge is 2.24. The number of benzene rings is 1. The highest BCUT2D eigenvalue weighted by atomic mass is 16.5. The van der Waals surface area contributed by atoms with Gasteiger partial charge >= 0.3 is 0 Å². The molecule has 0 saturated carbocycles. The molecule has 2 aromatic rings. The molecule has 8 nitrogen and oxygen atoms in total. The first-order valence-corrected chi connectivity index (χ1v) is 9.88. The van der Waals surface area contributed by atoms with E-state index >= 15 is 0 Å². The fraction of sp³-hybridized carbons (Fsp3) is 0.261. The molecular weight excluding hydrogens is 394 g/mol. The average molecular weight is 422 g/mol. The van der Waals surface area contributed by atoms with Crippen LogP contribution in [-0.4, -0.2) is 17.0 Å². The molecule has 2 heterocycles. The molecule has 0 bridgehead atoms. The van der Waals surface area contributed by atoms with Gasteiger partial charge in [-0.3, -0.25) is 9.59 Å². The zero-order valence-corrected chi connectivity index (χ0v) is 18.1. The van der Waals surface area contributed by atoms with E-state index in [9.17, 15) is 9.59 Å². The van der Waals surface area contributed by atoms with Crippen LogP contribution < -0.4 is 21.7 Å². The second-order valence-electron chi connectivity index (χ2n) is 8.34. The number of fused-ring (bicyclic) bond motifs is 1. The summed E-state index contributed by atoms with van der Waals surface area (Å²) in [6.45, 7) is 11.7. The molecule has 0 saturated heterocycles. The molecule has 0 radical (unpaired) electrons. The lowest BCUT2D eigenvalue weighted by molar-refractivity contribution is -0.115. The zero-order valence-electron chi connectivity index (χ0n) is 18.1. The summed E-state index contributed by atoms with van der Waals surface area (Å²) in [5.41, 5.74) is 9.04. The molecule has 0 unspecified atom stereocenters. The van der Waals surface area contributed by atoms with Gasteiger partial charge in [0.2, 0.25) is 5.91 Å². The van der Waals surface area contributed by atoms with E-state index < -0.39 is 0 Å². The van der Waals surface area contributed by atoms with E-state index in [-0.39, 0.29) is 23.7 Å². The van der Waals surface area contributed by atoms with E-state index in [0.717, 1.165) is 11.3 Å². The van der Waals surface area contributed by atoms with Crippen molar-refractivity contribution in [3.8, 4) is 0 Å². The molecule has 1 aliphatic heterocycles. The number of hydrogen-bond acceptors (Lipinski definition) is 6. The van der Waals surface area contributed by atoms with Crippen LogP contribution in [0.2, 0.25) is 0 Å². The third-order valence-corrected chi connectivity index (χ3v) is 4.66. The first kappa shape index (κ1) is 21.9. The van der Waals surface area contributed by atoms with Gasteiger partial charge in [0.05, 0.1) is 17.7 Å². The van der Waals surface area contributed by atoms with E-state index in [4.69, 9.17) is 10.3 Å². The van der Waals surface area contributed by atoms with Crippen LogP contribution in [0.5, 0.6) is 0 Å². The third kappa shape index (κ3) is 5.22. The van der Waals surface area contributed by atoms with Gasteiger partial charge < -0.3 is 26.2 Å². The number of amides is 2. The van der Waals surface area contributed by atoms with Crippen LogP contribution in [0.15, 0.2) is 58.9 Å². The van der Waals surface area contributed by atoms with Crippen molar-refractivity contribution < 1.29 is 14.1 Å². The van der Waals surface area contributed by atoms with E-state index in [1.54, 1.807) is 43.3 Å². The molecule has 5 N–H and O–H groups in total. The quantitative estimate of drug-likeness (QED) is 0.520. The van der Waals surface area contributed by atoms with Crippen molar-refractivity contribution >= 4 is 34.6 Å². The maximum atomic E-state index is 12.4. The Hall–Kier alpha value is -3.81. The van der Waals surface area contributed by atoms with E-state index in [0.29, 0.717) is 34.2 Å². The molecule has 0 fully saturated rings. The summed E-state index contributed by atoms with van der Waals surface area (Å²) < 4.78 is 5.32. The maximum Gasteiger partial charge on any atom is 0.256 e. The first-order valence-electron chi connectivity index (χ1n) is 9.88. The van der Waals surface area contributed by atoms with Gasteiger partial charge in [-0.15, -0.1) is 0 Å². The number of hydrogen-bond donors (Lipinski definition) is 4. The van der Waals surface area contributed by atoms with Crippen LogP contribution in [0.1, 0.15) is 45.4 Å². The van der Waals surface area contributed by atoms with Gasteiger partial charge in [-0.1, -0.05) is 44.6 Å². The molecule has 0 aliphatic carbocycles. The molecular formula is C23H27N5O3. The predicted molar refractivity (Wildman–Crippen MR) is 122 cm³/mol. The fourth-order valence-corrected chi connectivity index (χ4v) is 2.98. The number of nitrogens with one attached hydrogen (secondary N) is 3. The van der Waals surface area contributed by atoms with Crippen molar-refractivity contribution in [2.24, 2.45) is 5.73 Å². The zero-order chi connectivity index (χ0) is 22.8. The van der Waals surface area contributed by atoms with Gasteiger partial charge in [0, 0.05) is 34.1 Å². The lowest BCUT2D eigenvalue weighted by Crippen LogP contribution is -2.15. The van der Waals surface area contributed by atoms with Gasteiger partial charge in [0.15, 0.2) is 5.82 Å². The minimum atomic E-state index is -0.254. The van der Waals surface area contributed by atoms with Crippen LogP contribution in [0.3, 0.4) is 0 Å². The highest BCUT2D eigenvalue weighted by molar-refractivity contribution is 6.32. The minimum absolute atomic E-state index is 0.0458. The summed E-state index contributed by atoms with van der Waals surface area (Å²) in [5.74, 6) is 0.748. The van der Waals surface area contributed by atoms with Gasteiger partial charge in [-0.05, 0) is 25.1 Å². The van der Waals surface area contributed by atoms with Crippen LogP contribution >= 0.6 is 0 Å². The molecule has 0 spiro atoms. The molecule has 31 heavy (non-hydrogen) atoms. The predicted octanol–water partition coefficient (Wildman–Crippen LogP) is 4.12. The van der Waals surface area contributed by atoms with Crippen molar-refractivity contribution in [2.75, 3.05) is 16.0 Å². The summed E-state index contributed by atoms with van der Waals surface area (Å²) in [6, 6.07) is 7.01. The smallest absolute Gasteiger partial charge is 0.256 e. The van der Waals surface area contributed by atoms with Crippen molar-refractivity contribution in [1.29, 1.82) is 0 Å². The van der Waals surface area contributed by atoms with Crippen molar-refractivity contribution in [3.63, 3.8) is 0 Å². The summed E-state index contributed by atoms with van der Waals surface area (Å²) in [6.07, 6.45) is 3.39. The third-order valence-electron chi connectivity index (χ3n) is 4.66. The largest absolute Gasteiger partial charge is 0.399 e. The lowest BCUT2D eigenvalue weighted by atomic mass is 9.93. The molecule has 1 aliphatic rings. The second kappa shape index (κ2) is 8.51. The summed E-state index contributed by atoms with van der Waals surface area (Å²) in [5, 5.41) is 12.5. The Balaban J connectivity index is 1.62. The van der Waals surface area contributed by atoms with E-state index in [1.165, 1.54) is 0 Å². The molecule has 8 heteroatoms. The Kier molecular flexibility index (Phi) is 6.01. The van der Waals surface area contributed by atoms with Crippen LogP contribution in [0, 0.1) is 0 Å². The monoisotopic (exact) mass is 421 g/mol. The number of nitrogens with zero attached hydrogens (tertiary/aromatic N) is 1. The Bertz CT molecular complexity index is 1100. The number of carbonyl (C=O) groups excluding carboxylic acids is 2. The highest BCUT2D eigenvalue weighted by Crippen LogP contribution is 2.34. The Morgan fingerprint density at radius 1 is 1.29 bits per heavy atom. The number of nitrogens with two attached hydrogens (primary N) is 1. The summed E-state index contributed by atoms with van der Waals surface area (Å²) in [4.78, 5) is 24.6. The number of allylic oxidation sites excluding steroid dienone is 2.